The van der Waals surface area contributed by atoms with Gasteiger partial charge in [0.25, 0.3) is 0 Å². The third-order valence-electron chi connectivity index (χ3n) is 10.7. The van der Waals surface area contributed by atoms with E-state index in [0.29, 0.717) is 0 Å². The lowest BCUT2D eigenvalue weighted by atomic mass is 9.55. The minimum Gasteiger partial charge on any atom is -0.0945 e. The highest BCUT2D eigenvalue weighted by Gasteiger charge is 2.63. The van der Waals surface area contributed by atoms with E-state index in [1.165, 1.54) is 0 Å². The molecule has 8 fully saturated rings. The third kappa shape index (κ3) is 2.74. The zero-order valence-corrected chi connectivity index (χ0v) is 19.3. The maximum Gasteiger partial charge on any atom is 0.116 e. The summed E-state index contributed by atoms with van der Waals surface area (Å²) in [6.45, 7) is 0. The van der Waals surface area contributed by atoms with Gasteiger partial charge in [-0.2, -0.15) is 0 Å². The van der Waals surface area contributed by atoms with E-state index in [-0.39, 0.29) is 7.92 Å². The molecule has 1 atom stereocenters. The Morgan fingerprint density at radius 2 is 0.966 bits per heavy atom. The van der Waals surface area contributed by atoms with Gasteiger partial charge in [0.2, 0.25) is 0 Å². The van der Waals surface area contributed by atoms with Gasteiger partial charge in [-0.3, -0.25) is 0 Å². The largest absolute Gasteiger partial charge is 0.116 e. The van der Waals surface area contributed by atoms with Crippen molar-refractivity contribution in [3.63, 3.8) is 0 Å². The van der Waals surface area contributed by atoms with E-state index in [2.05, 4.69) is 38.2 Å². The lowest BCUT2D eigenvalue weighted by Crippen LogP contribution is -2.57. The molecule has 0 aromatic heterocycles. The van der Waals surface area contributed by atoms with Gasteiger partial charge in [-0.05, 0) is 134 Å². The summed E-state index contributed by atoms with van der Waals surface area (Å²) >= 11 is 0. The Kier molecular flexibility index (Phi) is 4.02. The standard InChI is InChI=1S/C27H38BP/c28-25(24-4-2-1-3-5-24)29(26-12-18-6-19(13-26)8-20(7-18)14-26)27-15-21-9-22(16-27)11-23(10-21)17-27/h1-5,18-23,25H,6-17,28H2. The molecule has 8 aliphatic rings. The quantitative estimate of drug-likeness (QED) is 0.385. The molecule has 1 aromatic carbocycles. The lowest BCUT2D eigenvalue weighted by molar-refractivity contribution is 0.0183. The Morgan fingerprint density at radius 3 is 1.31 bits per heavy atom. The number of hydrogen-bond donors (Lipinski definition) is 0. The van der Waals surface area contributed by atoms with Gasteiger partial charge in [0.05, 0.1) is 0 Å². The molecule has 2 heteroatoms. The first-order valence-electron chi connectivity index (χ1n) is 13.0. The first-order chi connectivity index (χ1) is 14.1. The molecular formula is C27H38BP. The summed E-state index contributed by atoms with van der Waals surface area (Å²) in [6.07, 6.45) is 19.4. The molecular weight excluding hydrogens is 366 g/mol. The topological polar surface area (TPSA) is 0 Å². The molecule has 8 aliphatic carbocycles. The molecule has 1 unspecified atom stereocenters. The summed E-state index contributed by atoms with van der Waals surface area (Å²) < 4.78 is 0. The van der Waals surface area contributed by atoms with Crippen molar-refractivity contribution in [2.45, 2.75) is 92.9 Å². The van der Waals surface area contributed by atoms with Crippen LogP contribution in [0.3, 0.4) is 0 Å². The Hall–Kier alpha value is -0.285. The third-order valence-corrected chi connectivity index (χ3v) is 14.9. The van der Waals surface area contributed by atoms with Gasteiger partial charge in [-0.1, -0.05) is 38.3 Å². The Balaban J connectivity index is 1.34. The molecule has 8 bridgehead atoms. The fraction of sp³-hybridized carbons (Fsp3) is 0.778. The van der Waals surface area contributed by atoms with Crippen molar-refractivity contribution in [2.24, 2.45) is 35.5 Å². The Bertz CT molecular complexity index is 670. The molecule has 0 amide bonds. The molecule has 0 aliphatic heterocycles. The van der Waals surface area contributed by atoms with E-state index in [1.54, 1.807) is 82.6 Å². The highest BCUT2D eigenvalue weighted by Crippen LogP contribution is 2.82. The average molecular weight is 404 g/mol. The van der Waals surface area contributed by atoms with E-state index in [0.717, 1.165) is 51.4 Å². The SMILES string of the molecule is BC(c1ccccc1)P(C12CC3CC(CC(C3)C1)C2)C12CC3CC(CC(C3)C1)C2. The molecule has 1 aromatic rings. The highest BCUT2D eigenvalue weighted by molar-refractivity contribution is 7.63. The van der Waals surface area contributed by atoms with Crippen LogP contribution in [0.1, 0.15) is 88.2 Å². The molecule has 0 heterocycles. The maximum atomic E-state index is 2.69. The van der Waals surface area contributed by atoms with Gasteiger partial charge in [0.1, 0.15) is 7.85 Å². The smallest absolute Gasteiger partial charge is 0.0945 e. The van der Waals surface area contributed by atoms with Crippen LogP contribution in [0, 0.1) is 35.5 Å². The second-order valence-corrected chi connectivity index (χ2v) is 16.2. The molecule has 0 N–H and O–H groups in total. The van der Waals surface area contributed by atoms with Crippen LogP contribution in [0.4, 0.5) is 0 Å². The van der Waals surface area contributed by atoms with E-state index in [1.807, 2.05) is 0 Å². The monoisotopic (exact) mass is 404 g/mol. The van der Waals surface area contributed by atoms with E-state index in [4.69, 9.17) is 0 Å². The maximum absolute atomic E-state index is 2.69. The van der Waals surface area contributed by atoms with Crippen molar-refractivity contribution in [1.29, 1.82) is 0 Å². The van der Waals surface area contributed by atoms with Crippen molar-refractivity contribution < 1.29 is 0 Å². The second-order valence-electron chi connectivity index (χ2n) is 12.7. The lowest BCUT2D eigenvalue weighted by Gasteiger charge is -2.69. The molecule has 9 rings (SSSR count). The predicted molar refractivity (Wildman–Crippen MR) is 126 cm³/mol. The predicted octanol–water partition coefficient (Wildman–Crippen LogP) is 6.74. The molecule has 154 valence electrons. The summed E-state index contributed by atoms with van der Waals surface area (Å²) in [5.74, 6) is 6.60. The van der Waals surface area contributed by atoms with Gasteiger partial charge in [-0.25, -0.2) is 0 Å². The van der Waals surface area contributed by atoms with Gasteiger partial charge >= 0.3 is 0 Å². The fourth-order valence-corrected chi connectivity index (χ4v) is 16.8. The summed E-state index contributed by atoms with van der Waals surface area (Å²) in [7, 11) is 2.75. The van der Waals surface area contributed by atoms with Crippen LogP contribution < -0.4 is 0 Å². The van der Waals surface area contributed by atoms with Crippen molar-refractivity contribution in [2.75, 3.05) is 0 Å². The van der Waals surface area contributed by atoms with Gasteiger partial charge in [0, 0.05) is 0 Å². The minimum atomic E-state index is 0.0536. The minimum absolute atomic E-state index is 0.0536. The molecule has 0 saturated heterocycles. The fourth-order valence-electron chi connectivity index (χ4n) is 10.9. The highest BCUT2D eigenvalue weighted by atomic mass is 31.1. The average Bonchev–Trinajstić information content (AvgIpc) is 2.66. The number of rotatable bonds is 4. The van der Waals surface area contributed by atoms with Crippen LogP contribution in [-0.4, -0.2) is 18.2 Å². The van der Waals surface area contributed by atoms with Crippen LogP contribution in [-0.2, 0) is 0 Å². The van der Waals surface area contributed by atoms with Gasteiger partial charge in [0.15, 0.2) is 0 Å². The van der Waals surface area contributed by atoms with Crippen LogP contribution in [0.2, 0.25) is 0 Å². The van der Waals surface area contributed by atoms with E-state index < -0.39 is 0 Å². The molecule has 0 spiro atoms. The molecule has 29 heavy (non-hydrogen) atoms. The van der Waals surface area contributed by atoms with Crippen LogP contribution >= 0.6 is 7.92 Å². The van der Waals surface area contributed by atoms with E-state index in [9.17, 15) is 0 Å². The van der Waals surface area contributed by atoms with Crippen LogP contribution in [0.15, 0.2) is 30.3 Å². The summed E-state index contributed by atoms with van der Waals surface area (Å²) in [4.78, 5) is 0. The zero-order chi connectivity index (χ0) is 19.2. The Morgan fingerprint density at radius 1 is 0.621 bits per heavy atom. The molecule has 8 saturated carbocycles. The van der Waals surface area contributed by atoms with Crippen LogP contribution in [0.25, 0.3) is 0 Å². The van der Waals surface area contributed by atoms with Crippen molar-refractivity contribution in [3.05, 3.63) is 35.9 Å². The second kappa shape index (κ2) is 6.37. The van der Waals surface area contributed by atoms with Crippen molar-refractivity contribution in [1.82, 2.24) is 0 Å². The molecule has 0 radical (unpaired) electrons. The van der Waals surface area contributed by atoms with Gasteiger partial charge < -0.3 is 0 Å². The van der Waals surface area contributed by atoms with Gasteiger partial charge in [-0.15, -0.1) is 0 Å². The first-order valence-corrected chi connectivity index (χ1v) is 14.4. The normalized spacial score (nSPS) is 51.3. The van der Waals surface area contributed by atoms with Crippen molar-refractivity contribution >= 4 is 15.8 Å². The number of benzene rings is 1. The van der Waals surface area contributed by atoms with E-state index >= 15 is 0 Å². The molecule has 0 nitrogen and oxygen atoms in total. The summed E-state index contributed by atoms with van der Waals surface area (Å²) in [5, 5.41) is 1.51. The zero-order valence-electron chi connectivity index (χ0n) is 18.4. The van der Waals surface area contributed by atoms with Crippen molar-refractivity contribution in [3.8, 4) is 0 Å². The Labute approximate surface area is 180 Å². The summed E-state index contributed by atoms with van der Waals surface area (Å²) in [5.41, 5.74) is 2.50. The summed E-state index contributed by atoms with van der Waals surface area (Å²) in [6, 6.07) is 11.8. The first kappa shape index (κ1) is 18.3. The van der Waals surface area contributed by atoms with Crippen LogP contribution in [0.5, 0.6) is 0 Å². The number of hydrogen-bond acceptors (Lipinski definition) is 0.